The molecule has 7 nitrogen and oxygen atoms in total. The number of ether oxygens (including phenoxy) is 1. The summed E-state index contributed by atoms with van der Waals surface area (Å²) in [5, 5.41) is 9.03. The summed E-state index contributed by atoms with van der Waals surface area (Å²) in [6.45, 7) is 2.12. The van der Waals surface area contributed by atoms with Crippen molar-refractivity contribution in [2.75, 3.05) is 19.7 Å². The topological polar surface area (TPSA) is 95.3 Å². The van der Waals surface area contributed by atoms with Crippen molar-refractivity contribution in [1.29, 1.82) is 5.26 Å². The lowest BCUT2D eigenvalue weighted by atomic mass is 10.1. The van der Waals surface area contributed by atoms with Gasteiger partial charge in [-0.2, -0.15) is 9.98 Å². The van der Waals surface area contributed by atoms with Gasteiger partial charge in [0.15, 0.2) is 0 Å². The molecule has 1 fully saturated rings. The Kier molecular flexibility index (Phi) is 7.35. The molecule has 8 heteroatoms. The molecule has 1 atom stereocenters. The van der Waals surface area contributed by atoms with E-state index in [2.05, 4.69) is 14.6 Å². The molecule has 2 heterocycles. The minimum atomic E-state index is -3.69. The highest BCUT2D eigenvalue weighted by Gasteiger charge is 2.29. The molecule has 4 rings (SSSR count). The van der Waals surface area contributed by atoms with E-state index < -0.39 is 10.0 Å². The molecule has 0 radical (unpaired) electrons. The largest absolute Gasteiger partial charge is 0.494 e. The molecular weight excluding hydrogens is 436 g/mol. The number of benzene rings is 2. The summed E-state index contributed by atoms with van der Waals surface area (Å²) in [5.41, 5.74) is 2.28. The molecule has 0 saturated carbocycles. The van der Waals surface area contributed by atoms with Gasteiger partial charge in [0.2, 0.25) is 10.0 Å². The first-order valence-electron chi connectivity index (χ1n) is 11.0. The highest BCUT2D eigenvalue weighted by atomic mass is 32.2. The lowest BCUT2D eigenvalue weighted by molar-refractivity contribution is 0.214. The first kappa shape index (κ1) is 22.9. The van der Waals surface area contributed by atoms with Crippen molar-refractivity contribution < 1.29 is 13.2 Å². The summed E-state index contributed by atoms with van der Waals surface area (Å²) in [5.74, 6) is 0.797. The highest BCUT2D eigenvalue weighted by molar-refractivity contribution is 7.89. The number of nitriles is 1. The van der Waals surface area contributed by atoms with E-state index in [9.17, 15) is 8.42 Å². The molecule has 1 N–H and O–H groups in total. The zero-order valence-electron chi connectivity index (χ0n) is 18.2. The van der Waals surface area contributed by atoms with Crippen LogP contribution in [0.3, 0.4) is 0 Å². The number of rotatable bonds is 9. The SMILES string of the molecule is N#Cc1cccc(S(=O)(=O)NC2CCCN2CCCOc2ccc(-c3ccccn3)cc2)c1. The molecule has 170 valence electrons. The Balaban J connectivity index is 1.27. The van der Waals surface area contributed by atoms with E-state index in [0.717, 1.165) is 49.4 Å². The minimum Gasteiger partial charge on any atom is -0.494 e. The molecule has 2 aromatic carbocycles. The number of aromatic nitrogens is 1. The Morgan fingerprint density at radius 2 is 1.97 bits per heavy atom. The molecular formula is C25H26N4O3S. The van der Waals surface area contributed by atoms with Crippen LogP contribution < -0.4 is 9.46 Å². The van der Waals surface area contributed by atoms with Gasteiger partial charge in [-0.05, 0) is 80.4 Å². The van der Waals surface area contributed by atoms with Gasteiger partial charge < -0.3 is 4.74 Å². The van der Waals surface area contributed by atoms with Crippen LogP contribution in [-0.2, 0) is 10.0 Å². The molecule has 1 aromatic heterocycles. The zero-order valence-corrected chi connectivity index (χ0v) is 19.0. The van der Waals surface area contributed by atoms with Crippen LogP contribution in [0.4, 0.5) is 0 Å². The second kappa shape index (κ2) is 10.6. The molecule has 1 saturated heterocycles. The van der Waals surface area contributed by atoms with Gasteiger partial charge in [0.25, 0.3) is 0 Å². The van der Waals surface area contributed by atoms with E-state index in [1.165, 1.54) is 12.1 Å². The third-order valence-electron chi connectivity index (χ3n) is 5.60. The Bertz CT molecular complexity index is 1210. The van der Waals surface area contributed by atoms with E-state index in [1.807, 2.05) is 48.5 Å². The highest BCUT2D eigenvalue weighted by Crippen LogP contribution is 2.21. The molecule has 0 bridgehead atoms. The van der Waals surface area contributed by atoms with Gasteiger partial charge in [-0.3, -0.25) is 9.88 Å². The monoisotopic (exact) mass is 462 g/mol. The zero-order chi connectivity index (χ0) is 23.1. The first-order chi connectivity index (χ1) is 16.0. The maximum atomic E-state index is 12.8. The van der Waals surface area contributed by atoms with Gasteiger partial charge in [-0.1, -0.05) is 12.1 Å². The fourth-order valence-electron chi connectivity index (χ4n) is 3.92. The van der Waals surface area contributed by atoms with Crippen molar-refractivity contribution in [2.45, 2.75) is 30.3 Å². The molecule has 3 aromatic rings. The molecule has 33 heavy (non-hydrogen) atoms. The van der Waals surface area contributed by atoms with Crippen LogP contribution in [0.25, 0.3) is 11.3 Å². The van der Waals surface area contributed by atoms with Gasteiger partial charge in [0.1, 0.15) is 5.75 Å². The van der Waals surface area contributed by atoms with Crippen molar-refractivity contribution in [3.05, 3.63) is 78.5 Å². The van der Waals surface area contributed by atoms with E-state index >= 15 is 0 Å². The third-order valence-corrected chi connectivity index (χ3v) is 7.06. The number of pyridine rings is 1. The molecule has 0 amide bonds. The Morgan fingerprint density at radius 1 is 1.12 bits per heavy atom. The smallest absolute Gasteiger partial charge is 0.241 e. The molecule has 1 unspecified atom stereocenters. The maximum Gasteiger partial charge on any atom is 0.241 e. The Hall–Kier alpha value is -3.25. The second-order valence-corrected chi connectivity index (χ2v) is 9.61. The third kappa shape index (κ3) is 5.96. The van der Waals surface area contributed by atoms with Crippen molar-refractivity contribution in [3.8, 4) is 23.1 Å². The van der Waals surface area contributed by atoms with Gasteiger partial charge in [-0.25, -0.2) is 8.42 Å². The van der Waals surface area contributed by atoms with Crippen LogP contribution in [0.1, 0.15) is 24.8 Å². The minimum absolute atomic E-state index is 0.117. The van der Waals surface area contributed by atoms with E-state index in [4.69, 9.17) is 10.00 Å². The fraction of sp³-hybridized carbons (Fsp3) is 0.280. The van der Waals surface area contributed by atoms with Crippen LogP contribution in [0.2, 0.25) is 0 Å². The molecule has 0 spiro atoms. The number of sulfonamides is 1. The van der Waals surface area contributed by atoms with Crippen LogP contribution in [0.15, 0.2) is 77.8 Å². The summed E-state index contributed by atoms with van der Waals surface area (Å²) in [4.78, 5) is 6.60. The van der Waals surface area contributed by atoms with Crippen molar-refractivity contribution in [1.82, 2.24) is 14.6 Å². The van der Waals surface area contributed by atoms with Crippen LogP contribution in [0.5, 0.6) is 5.75 Å². The predicted octanol–water partition coefficient (Wildman–Crippen LogP) is 3.79. The number of likely N-dealkylation sites (tertiary alicyclic amines) is 1. The Morgan fingerprint density at radius 3 is 2.73 bits per heavy atom. The number of nitrogens with one attached hydrogen (secondary N) is 1. The average Bonchev–Trinajstić information content (AvgIpc) is 3.29. The number of hydrogen-bond donors (Lipinski definition) is 1. The van der Waals surface area contributed by atoms with E-state index in [0.29, 0.717) is 12.2 Å². The predicted molar refractivity (Wildman–Crippen MR) is 126 cm³/mol. The van der Waals surface area contributed by atoms with Crippen molar-refractivity contribution in [3.63, 3.8) is 0 Å². The van der Waals surface area contributed by atoms with Gasteiger partial charge in [-0.15, -0.1) is 0 Å². The quantitative estimate of drug-likeness (QED) is 0.486. The average molecular weight is 463 g/mol. The second-order valence-electron chi connectivity index (χ2n) is 7.90. The van der Waals surface area contributed by atoms with Crippen molar-refractivity contribution in [2.24, 2.45) is 0 Å². The fourth-order valence-corrected chi connectivity index (χ4v) is 5.22. The van der Waals surface area contributed by atoms with Crippen LogP contribution >= 0.6 is 0 Å². The standard InChI is InChI=1S/C25H26N4O3S/c26-19-20-6-3-7-23(18-20)33(30,31)28-25-9-4-15-29(25)16-5-17-32-22-12-10-21(11-13-22)24-8-1-2-14-27-24/h1-3,6-8,10-14,18,25,28H,4-5,9,15-17H2. The number of hydrogen-bond acceptors (Lipinski definition) is 6. The summed E-state index contributed by atoms with van der Waals surface area (Å²) >= 11 is 0. The first-order valence-corrected chi connectivity index (χ1v) is 12.4. The van der Waals surface area contributed by atoms with E-state index in [1.54, 1.807) is 18.3 Å². The number of nitrogens with zero attached hydrogens (tertiary/aromatic N) is 3. The lowest BCUT2D eigenvalue weighted by Crippen LogP contribution is -2.44. The summed E-state index contributed by atoms with van der Waals surface area (Å²) in [6, 6.07) is 21.7. The molecule has 1 aliphatic heterocycles. The van der Waals surface area contributed by atoms with Crippen molar-refractivity contribution >= 4 is 10.0 Å². The van der Waals surface area contributed by atoms with Crippen LogP contribution in [0, 0.1) is 11.3 Å². The Labute approximate surface area is 194 Å². The molecule has 0 aliphatic carbocycles. The molecule has 1 aliphatic rings. The van der Waals surface area contributed by atoms with Gasteiger partial charge >= 0.3 is 0 Å². The maximum absolute atomic E-state index is 12.8. The normalized spacial score (nSPS) is 16.4. The van der Waals surface area contributed by atoms with E-state index in [-0.39, 0.29) is 11.1 Å². The summed E-state index contributed by atoms with van der Waals surface area (Å²) < 4.78 is 34.2. The van der Waals surface area contributed by atoms with Gasteiger partial charge in [0.05, 0.1) is 35.0 Å². The summed E-state index contributed by atoms with van der Waals surface area (Å²) in [6.07, 6.45) is 3.99. The lowest BCUT2D eigenvalue weighted by Gasteiger charge is -2.25. The van der Waals surface area contributed by atoms with Gasteiger partial charge in [0, 0.05) is 18.3 Å². The van der Waals surface area contributed by atoms with Crippen LogP contribution in [-0.4, -0.2) is 44.2 Å². The summed E-state index contributed by atoms with van der Waals surface area (Å²) in [7, 11) is -3.69.